The summed E-state index contributed by atoms with van der Waals surface area (Å²) in [6, 6.07) is 3.96. The summed E-state index contributed by atoms with van der Waals surface area (Å²) in [4.78, 5) is 24.6. The lowest BCUT2D eigenvalue weighted by Crippen LogP contribution is -2.33. The van der Waals surface area contributed by atoms with E-state index in [0.717, 1.165) is 62.6 Å². The van der Waals surface area contributed by atoms with E-state index in [1.54, 1.807) is 13.1 Å². The fraction of sp³-hybridized carbons (Fsp3) is 0.529. The van der Waals surface area contributed by atoms with Gasteiger partial charge in [0.1, 0.15) is 5.82 Å². The molecule has 2 aromatic rings. The fourth-order valence-electron chi connectivity index (χ4n) is 3.02. The van der Waals surface area contributed by atoms with Crippen LogP contribution in [0.2, 0.25) is 0 Å². The average molecular weight is 327 g/mol. The van der Waals surface area contributed by atoms with Crippen molar-refractivity contribution in [2.24, 2.45) is 0 Å². The maximum atomic E-state index is 11.5. The lowest BCUT2D eigenvalue weighted by Gasteiger charge is -2.22. The van der Waals surface area contributed by atoms with Crippen LogP contribution in [0.3, 0.4) is 0 Å². The molecule has 2 aliphatic rings. The minimum Gasteiger partial charge on any atom is -0.355 e. The van der Waals surface area contributed by atoms with Gasteiger partial charge in [-0.3, -0.25) is 4.79 Å². The monoisotopic (exact) mass is 327 g/mol. The Morgan fingerprint density at radius 3 is 2.79 bits per heavy atom. The number of carbonyl (C=O) groups is 1. The number of anilines is 1. The number of nitrogens with zero attached hydrogens (tertiary/aromatic N) is 5. The molecule has 0 radical (unpaired) electrons. The molecular weight excluding hydrogens is 306 g/mol. The van der Waals surface area contributed by atoms with Gasteiger partial charge in [-0.05, 0) is 31.4 Å². The molecule has 0 N–H and O–H groups in total. The first-order chi connectivity index (χ1) is 11.7. The Balaban J connectivity index is 1.45. The molecule has 2 fully saturated rings. The molecule has 7 nitrogen and oxygen atoms in total. The number of hydrogen-bond acceptors (Lipinski definition) is 6. The van der Waals surface area contributed by atoms with E-state index < -0.39 is 0 Å². The highest BCUT2D eigenvalue weighted by Crippen LogP contribution is 2.38. The van der Waals surface area contributed by atoms with E-state index in [0.29, 0.717) is 11.8 Å². The number of pyridine rings is 1. The predicted molar refractivity (Wildman–Crippen MR) is 88.6 cm³/mol. The van der Waals surface area contributed by atoms with Crippen LogP contribution in [0.5, 0.6) is 0 Å². The normalized spacial score (nSPS) is 18.5. The minimum atomic E-state index is 0.142. The summed E-state index contributed by atoms with van der Waals surface area (Å²) in [6.45, 7) is 4.90. The summed E-state index contributed by atoms with van der Waals surface area (Å²) in [6.07, 6.45) is 5.05. The summed E-state index contributed by atoms with van der Waals surface area (Å²) in [5.41, 5.74) is 0.846. The van der Waals surface area contributed by atoms with Crippen LogP contribution in [-0.2, 0) is 4.79 Å². The van der Waals surface area contributed by atoms with Gasteiger partial charge in [0.25, 0.3) is 5.89 Å². The zero-order valence-corrected chi connectivity index (χ0v) is 13.8. The van der Waals surface area contributed by atoms with Gasteiger partial charge in [0, 0.05) is 45.2 Å². The molecule has 0 aromatic carbocycles. The van der Waals surface area contributed by atoms with E-state index in [1.807, 2.05) is 17.0 Å². The van der Waals surface area contributed by atoms with Crippen molar-refractivity contribution in [3.05, 3.63) is 24.2 Å². The molecule has 1 saturated heterocycles. The second-order valence-electron chi connectivity index (χ2n) is 6.48. The second kappa shape index (κ2) is 6.22. The van der Waals surface area contributed by atoms with Crippen LogP contribution in [0.25, 0.3) is 11.5 Å². The van der Waals surface area contributed by atoms with Gasteiger partial charge in [0.2, 0.25) is 5.91 Å². The lowest BCUT2D eigenvalue weighted by atomic mass is 10.2. The first kappa shape index (κ1) is 15.1. The Bertz CT molecular complexity index is 723. The summed E-state index contributed by atoms with van der Waals surface area (Å²) < 4.78 is 5.34. The standard InChI is InChI=1S/C17H21N5O2/c1-12(23)21-7-2-8-22(10-9-21)15-6-5-14(11-18-15)17-19-16(20-24-17)13-3-4-13/h5-6,11,13H,2-4,7-10H2,1H3. The largest absolute Gasteiger partial charge is 0.355 e. The number of aromatic nitrogens is 3. The number of hydrogen-bond donors (Lipinski definition) is 0. The first-order valence-electron chi connectivity index (χ1n) is 8.51. The second-order valence-corrected chi connectivity index (χ2v) is 6.48. The topological polar surface area (TPSA) is 75.4 Å². The molecule has 3 heterocycles. The van der Waals surface area contributed by atoms with Crippen LogP contribution in [0.15, 0.2) is 22.9 Å². The van der Waals surface area contributed by atoms with Gasteiger partial charge in [0.05, 0.1) is 5.56 Å². The van der Waals surface area contributed by atoms with Crippen molar-refractivity contribution in [1.29, 1.82) is 0 Å². The quantitative estimate of drug-likeness (QED) is 0.859. The van der Waals surface area contributed by atoms with Gasteiger partial charge in [-0.2, -0.15) is 4.98 Å². The van der Waals surface area contributed by atoms with Gasteiger partial charge >= 0.3 is 0 Å². The Morgan fingerprint density at radius 2 is 2.08 bits per heavy atom. The van der Waals surface area contributed by atoms with Crippen molar-refractivity contribution in [2.75, 3.05) is 31.1 Å². The van der Waals surface area contributed by atoms with Gasteiger partial charge in [-0.25, -0.2) is 4.98 Å². The summed E-state index contributed by atoms with van der Waals surface area (Å²) >= 11 is 0. The van der Waals surface area contributed by atoms with Gasteiger partial charge in [-0.15, -0.1) is 0 Å². The van der Waals surface area contributed by atoms with E-state index >= 15 is 0 Å². The van der Waals surface area contributed by atoms with Crippen molar-refractivity contribution < 1.29 is 9.32 Å². The molecule has 126 valence electrons. The average Bonchev–Trinajstić information content (AvgIpc) is 3.37. The van der Waals surface area contributed by atoms with Crippen LogP contribution in [-0.4, -0.2) is 52.1 Å². The number of carbonyl (C=O) groups excluding carboxylic acids is 1. The molecule has 1 aliphatic heterocycles. The molecule has 1 amide bonds. The van der Waals surface area contributed by atoms with Crippen molar-refractivity contribution in [1.82, 2.24) is 20.0 Å². The molecule has 24 heavy (non-hydrogen) atoms. The van der Waals surface area contributed by atoms with E-state index in [4.69, 9.17) is 4.52 Å². The van der Waals surface area contributed by atoms with Crippen LogP contribution in [0.4, 0.5) is 5.82 Å². The molecular formula is C17H21N5O2. The zero-order chi connectivity index (χ0) is 16.5. The Hall–Kier alpha value is -2.44. The van der Waals surface area contributed by atoms with E-state index in [-0.39, 0.29) is 5.91 Å². The third kappa shape index (κ3) is 3.11. The number of rotatable bonds is 3. The van der Waals surface area contributed by atoms with Gasteiger partial charge in [-0.1, -0.05) is 5.16 Å². The lowest BCUT2D eigenvalue weighted by molar-refractivity contribution is -0.128. The van der Waals surface area contributed by atoms with Crippen LogP contribution in [0.1, 0.15) is 37.9 Å². The fourth-order valence-corrected chi connectivity index (χ4v) is 3.02. The van der Waals surface area contributed by atoms with Gasteiger partial charge < -0.3 is 14.3 Å². The summed E-state index contributed by atoms with van der Waals surface area (Å²) in [5, 5.41) is 4.04. The Labute approximate surface area is 140 Å². The van der Waals surface area contributed by atoms with Crippen molar-refractivity contribution >= 4 is 11.7 Å². The highest BCUT2D eigenvalue weighted by molar-refractivity contribution is 5.73. The van der Waals surface area contributed by atoms with Crippen molar-refractivity contribution in [2.45, 2.75) is 32.1 Å². The maximum Gasteiger partial charge on any atom is 0.259 e. The molecule has 2 aromatic heterocycles. The third-order valence-corrected chi connectivity index (χ3v) is 4.64. The molecule has 4 rings (SSSR count). The molecule has 0 spiro atoms. The van der Waals surface area contributed by atoms with E-state index in [9.17, 15) is 4.79 Å². The van der Waals surface area contributed by atoms with Crippen LogP contribution >= 0.6 is 0 Å². The molecule has 1 aliphatic carbocycles. The SMILES string of the molecule is CC(=O)N1CCCN(c2ccc(-c3nc(C4CC4)no3)cn2)CC1. The molecule has 1 saturated carbocycles. The molecule has 7 heteroatoms. The van der Waals surface area contributed by atoms with E-state index in [2.05, 4.69) is 20.0 Å². The summed E-state index contributed by atoms with van der Waals surface area (Å²) in [7, 11) is 0. The van der Waals surface area contributed by atoms with Gasteiger partial charge in [0.15, 0.2) is 5.82 Å². The van der Waals surface area contributed by atoms with Crippen molar-refractivity contribution in [3.63, 3.8) is 0 Å². The molecule has 0 atom stereocenters. The third-order valence-electron chi connectivity index (χ3n) is 4.64. The first-order valence-corrected chi connectivity index (χ1v) is 8.51. The number of amides is 1. The van der Waals surface area contributed by atoms with Crippen LogP contribution < -0.4 is 4.90 Å². The highest BCUT2D eigenvalue weighted by Gasteiger charge is 2.29. The maximum absolute atomic E-state index is 11.5. The van der Waals surface area contributed by atoms with Crippen molar-refractivity contribution in [3.8, 4) is 11.5 Å². The minimum absolute atomic E-state index is 0.142. The van der Waals surface area contributed by atoms with E-state index in [1.165, 1.54) is 0 Å². The zero-order valence-electron chi connectivity index (χ0n) is 13.8. The Morgan fingerprint density at radius 1 is 1.21 bits per heavy atom. The highest BCUT2D eigenvalue weighted by atomic mass is 16.5. The predicted octanol–water partition coefficient (Wildman–Crippen LogP) is 2.07. The summed E-state index contributed by atoms with van der Waals surface area (Å²) in [5.74, 6) is 2.89. The molecule has 0 unspecified atom stereocenters. The molecule has 0 bridgehead atoms. The smallest absolute Gasteiger partial charge is 0.259 e. The Kier molecular flexibility index (Phi) is 3.92. The van der Waals surface area contributed by atoms with Crippen LogP contribution in [0, 0.1) is 0 Å².